The van der Waals surface area contributed by atoms with Gasteiger partial charge in [-0.1, -0.05) is 66.6 Å². The Morgan fingerprint density at radius 2 is 1.55 bits per heavy atom. The van der Waals surface area contributed by atoms with Crippen molar-refractivity contribution in [1.29, 1.82) is 0 Å². The third-order valence-electron chi connectivity index (χ3n) is 7.66. The Morgan fingerprint density at radius 3 is 2.25 bits per heavy atom. The average molecular weight is 585 g/mol. The number of hydrogen-bond acceptors (Lipinski definition) is 6. The summed E-state index contributed by atoms with van der Waals surface area (Å²) in [7, 11) is 0. The quantitative estimate of drug-likeness (QED) is 0.178. The average Bonchev–Trinajstić information content (AvgIpc) is 3.65. The van der Waals surface area contributed by atoms with Crippen LogP contribution < -0.4 is 9.47 Å². The lowest BCUT2D eigenvalue weighted by molar-refractivity contribution is -0.142. The van der Waals surface area contributed by atoms with Crippen LogP contribution in [-0.4, -0.2) is 33.6 Å². The Balaban J connectivity index is 1.08. The summed E-state index contributed by atoms with van der Waals surface area (Å²) in [6.07, 6.45) is 1.36. The number of aliphatic carboxylic acids is 1. The molecule has 1 aliphatic rings. The van der Waals surface area contributed by atoms with Gasteiger partial charge in [0.25, 0.3) is 0 Å². The highest BCUT2D eigenvalue weighted by molar-refractivity contribution is 5.74. The molecule has 1 fully saturated rings. The maximum Gasteiger partial charge on any atom is 0.320 e. The van der Waals surface area contributed by atoms with E-state index in [4.69, 9.17) is 13.9 Å². The van der Waals surface area contributed by atoms with Gasteiger partial charge >= 0.3 is 5.97 Å². The number of aryl methyl sites for hydroxylation is 1. The Labute approximate surface area is 256 Å². The van der Waals surface area contributed by atoms with Crippen LogP contribution in [-0.2, 0) is 11.3 Å². The normalized spacial score (nSPS) is 16.2. The summed E-state index contributed by atoms with van der Waals surface area (Å²) in [5.74, 6) is 8.49. The molecule has 1 saturated heterocycles. The molecule has 2 heterocycles. The number of para-hydroxylation sites is 1. The van der Waals surface area contributed by atoms with Crippen LogP contribution in [0.5, 0.6) is 17.2 Å². The molecule has 2 atom stereocenters. The van der Waals surface area contributed by atoms with E-state index < -0.39 is 12.0 Å². The van der Waals surface area contributed by atoms with Crippen molar-refractivity contribution in [2.45, 2.75) is 38.4 Å². The number of ether oxygens (including phenoxy) is 2. The van der Waals surface area contributed by atoms with Crippen molar-refractivity contribution in [3.63, 3.8) is 0 Å². The summed E-state index contributed by atoms with van der Waals surface area (Å²) in [5, 5.41) is 9.95. The van der Waals surface area contributed by atoms with Crippen LogP contribution in [0.15, 0.2) is 114 Å². The van der Waals surface area contributed by atoms with Crippen molar-refractivity contribution >= 4 is 5.97 Å². The third-order valence-corrected chi connectivity index (χ3v) is 7.66. The van der Waals surface area contributed by atoms with Crippen molar-refractivity contribution in [2.75, 3.05) is 6.61 Å². The fourth-order valence-corrected chi connectivity index (χ4v) is 5.45. The minimum absolute atomic E-state index is 0.0153. The molecule has 5 aromatic rings. The van der Waals surface area contributed by atoms with Crippen LogP contribution >= 0.6 is 0 Å². The van der Waals surface area contributed by atoms with Crippen LogP contribution in [0.3, 0.4) is 0 Å². The van der Waals surface area contributed by atoms with E-state index in [1.54, 1.807) is 0 Å². The molecule has 0 unspecified atom stereocenters. The van der Waals surface area contributed by atoms with E-state index >= 15 is 0 Å². The molecule has 1 aliphatic heterocycles. The molecule has 0 amide bonds. The molecule has 0 aliphatic carbocycles. The van der Waals surface area contributed by atoms with Crippen LogP contribution in [0, 0.1) is 18.8 Å². The van der Waals surface area contributed by atoms with Gasteiger partial charge in [0.2, 0.25) is 11.7 Å². The molecule has 0 spiro atoms. The fraction of sp³-hybridized carbons (Fsp3) is 0.189. The fourth-order valence-electron chi connectivity index (χ4n) is 5.45. The monoisotopic (exact) mass is 584 g/mol. The van der Waals surface area contributed by atoms with E-state index in [9.17, 15) is 9.90 Å². The maximum atomic E-state index is 12.1. The number of likely N-dealkylation sites (tertiary alicyclic amines) is 1. The first-order valence-corrected chi connectivity index (χ1v) is 14.6. The summed E-state index contributed by atoms with van der Waals surface area (Å²) >= 11 is 0. The summed E-state index contributed by atoms with van der Waals surface area (Å²) in [6.45, 7) is 2.59. The lowest BCUT2D eigenvalue weighted by Crippen LogP contribution is -2.36. The summed E-state index contributed by atoms with van der Waals surface area (Å²) in [6, 6.07) is 34.4. The van der Waals surface area contributed by atoms with Gasteiger partial charge in [0.05, 0.1) is 5.69 Å². The van der Waals surface area contributed by atoms with Gasteiger partial charge in [0, 0.05) is 18.2 Å². The third kappa shape index (κ3) is 6.83. The molecular formula is C37H32N2O5. The van der Waals surface area contributed by atoms with Crippen molar-refractivity contribution in [3.05, 3.63) is 132 Å². The van der Waals surface area contributed by atoms with Crippen LogP contribution in [0.1, 0.15) is 41.5 Å². The minimum Gasteiger partial charge on any atom is -0.481 e. The molecule has 220 valence electrons. The molecule has 7 nitrogen and oxygen atoms in total. The number of oxazole rings is 1. The SMILES string of the molecule is Cc1nc(-c2ccccc2)oc1C#CCOc1ccc([C@@H]2CC[C@@H](C(=O)O)N2Cc2ccc(Oc3ccccc3)cc2)cc1. The van der Waals surface area contributed by atoms with E-state index in [0.29, 0.717) is 30.4 Å². The van der Waals surface area contributed by atoms with Gasteiger partial charge in [-0.25, -0.2) is 4.98 Å². The lowest BCUT2D eigenvalue weighted by atomic mass is 10.0. The highest BCUT2D eigenvalue weighted by Gasteiger charge is 2.38. The zero-order valence-corrected chi connectivity index (χ0v) is 24.4. The van der Waals surface area contributed by atoms with Gasteiger partial charge in [-0.05, 0) is 85.3 Å². The van der Waals surface area contributed by atoms with Gasteiger partial charge in [-0.3, -0.25) is 9.69 Å². The molecule has 7 heteroatoms. The van der Waals surface area contributed by atoms with Crippen LogP contribution in [0.4, 0.5) is 0 Å². The van der Waals surface area contributed by atoms with Crippen LogP contribution in [0.25, 0.3) is 11.5 Å². The Hall–Kier alpha value is -5.32. The number of rotatable bonds is 9. The highest BCUT2D eigenvalue weighted by atomic mass is 16.5. The summed E-state index contributed by atoms with van der Waals surface area (Å²) in [5.41, 5.74) is 3.72. The van der Waals surface area contributed by atoms with Gasteiger partial charge in [-0.15, -0.1) is 0 Å². The largest absolute Gasteiger partial charge is 0.481 e. The van der Waals surface area contributed by atoms with Crippen LogP contribution in [0.2, 0.25) is 0 Å². The van der Waals surface area contributed by atoms with E-state index in [1.807, 2.05) is 116 Å². The second-order valence-electron chi connectivity index (χ2n) is 10.6. The lowest BCUT2D eigenvalue weighted by Gasteiger charge is -2.28. The van der Waals surface area contributed by atoms with Crippen molar-refractivity contribution in [2.24, 2.45) is 0 Å². The second kappa shape index (κ2) is 13.3. The molecular weight excluding hydrogens is 552 g/mol. The van der Waals surface area contributed by atoms with Crippen molar-refractivity contribution < 1.29 is 23.8 Å². The first-order valence-electron chi connectivity index (χ1n) is 14.6. The first-order chi connectivity index (χ1) is 21.5. The highest BCUT2D eigenvalue weighted by Crippen LogP contribution is 2.38. The van der Waals surface area contributed by atoms with Gasteiger partial charge in [0.15, 0.2) is 0 Å². The smallest absolute Gasteiger partial charge is 0.320 e. The van der Waals surface area contributed by atoms with Crippen molar-refractivity contribution in [3.8, 4) is 40.5 Å². The number of carboxylic acids is 1. The van der Waals surface area contributed by atoms with E-state index in [-0.39, 0.29) is 12.6 Å². The topological polar surface area (TPSA) is 85.0 Å². The predicted molar refractivity (Wildman–Crippen MR) is 167 cm³/mol. The summed E-state index contributed by atoms with van der Waals surface area (Å²) < 4.78 is 17.6. The zero-order valence-electron chi connectivity index (χ0n) is 24.4. The van der Waals surface area contributed by atoms with E-state index in [0.717, 1.165) is 40.3 Å². The molecule has 0 bridgehead atoms. The van der Waals surface area contributed by atoms with Gasteiger partial charge in [-0.2, -0.15) is 0 Å². The van der Waals surface area contributed by atoms with Gasteiger partial charge in [0.1, 0.15) is 29.9 Å². The molecule has 6 rings (SSSR count). The number of aromatic nitrogens is 1. The molecule has 1 aromatic heterocycles. The van der Waals surface area contributed by atoms with Gasteiger partial charge < -0.3 is 19.0 Å². The van der Waals surface area contributed by atoms with E-state index in [2.05, 4.69) is 21.7 Å². The maximum absolute atomic E-state index is 12.1. The molecule has 4 aromatic carbocycles. The van der Waals surface area contributed by atoms with Crippen molar-refractivity contribution in [1.82, 2.24) is 9.88 Å². The summed E-state index contributed by atoms with van der Waals surface area (Å²) in [4.78, 5) is 18.7. The Kier molecular flexibility index (Phi) is 8.72. The second-order valence-corrected chi connectivity index (χ2v) is 10.6. The number of hydrogen-bond donors (Lipinski definition) is 1. The Bertz CT molecular complexity index is 1750. The zero-order chi connectivity index (χ0) is 30.3. The standard InChI is InChI=1S/C37H32N2O5/c1-26-35(44-36(38-26)29-9-4-2-5-10-29)13-8-24-42-30-20-16-28(17-21-30)33-22-23-34(37(40)41)39(33)25-27-14-18-32(19-15-27)43-31-11-6-3-7-12-31/h2-7,9-12,14-21,33-34H,22-25H2,1H3,(H,40,41)/t33-,34-/m0/s1. The van der Waals surface area contributed by atoms with E-state index in [1.165, 1.54) is 0 Å². The number of nitrogens with zero attached hydrogens (tertiary/aromatic N) is 2. The molecule has 1 N–H and O–H groups in total. The molecule has 0 saturated carbocycles. The minimum atomic E-state index is -0.798. The first kappa shape index (κ1) is 28.8. The number of carbonyl (C=O) groups is 1. The molecule has 44 heavy (non-hydrogen) atoms. The number of carboxylic acid groups (broad SMARTS) is 1. The molecule has 0 radical (unpaired) electrons. The number of benzene rings is 4. The predicted octanol–water partition coefficient (Wildman–Crippen LogP) is 7.66. The Morgan fingerprint density at radius 1 is 0.886 bits per heavy atom.